The van der Waals surface area contributed by atoms with Gasteiger partial charge in [0.05, 0.1) is 39.8 Å². The number of amides is 6. The number of hydrogen-bond donors (Lipinski definition) is 6. The fraction of sp³-hybridized carbons (Fsp3) is 0.411. The lowest BCUT2D eigenvalue weighted by atomic mass is 9.85. The Bertz CT molecular complexity index is 3020. The van der Waals surface area contributed by atoms with E-state index >= 15 is 0 Å². The summed E-state index contributed by atoms with van der Waals surface area (Å²) in [6.07, 6.45) is -0.552. The van der Waals surface area contributed by atoms with Crippen molar-refractivity contribution in [1.29, 1.82) is 0 Å². The molecule has 2 aliphatic heterocycles. The monoisotopic (exact) mass is 1110 g/mol. The third kappa shape index (κ3) is 14.4. The molecule has 410 valence electrons. The van der Waals surface area contributed by atoms with Gasteiger partial charge in [-0.1, -0.05) is 88.7 Å². The SMILES string of the molecule is Cc1ncsc1-c1ccc([C@H](C)NC(=O)[C@@H]2C[C@@H](O)CN2C(=O)[C@@H](NC(=O)CCCCCCCCCNC(=O)c2cc(NC(=O)c3cc(F)cc(C(F)(F)F)c3)c3c(c2)C(=O)NC3c2cc(F)ccc2Cl)C(C)(C)C)cc1. The van der Waals surface area contributed by atoms with E-state index in [1.807, 2.05) is 58.9 Å². The first kappa shape index (κ1) is 57.9. The molecule has 6 N–H and O–H groups in total. The van der Waals surface area contributed by atoms with Crippen LogP contribution in [0.2, 0.25) is 5.02 Å². The highest BCUT2D eigenvalue weighted by molar-refractivity contribution is 7.13. The van der Waals surface area contributed by atoms with E-state index in [1.165, 1.54) is 23.1 Å². The molecular weight excluding hydrogens is 1050 g/mol. The molecule has 1 fully saturated rings. The number of thiazole rings is 1. The van der Waals surface area contributed by atoms with Gasteiger partial charge in [-0.2, -0.15) is 13.2 Å². The molecule has 1 saturated heterocycles. The molecule has 1 aromatic heterocycles. The number of carbonyl (C=O) groups excluding carboxylic acids is 6. The van der Waals surface area contributed by atoms with Crippen LogP contribution in [0.1, 0.15) is 157 Å². The normalized spacial score (nSPS) is 17.1. The number of nitrogens with zero attached hydrogens (tertiary/aromatic N) is 2. The van der Waals surface area contributed by atoms with Gasteiger partial charge < -0.3 is 36.6 Å². The van der Waals surface area contributed by atoms with Crippen LogP contribution in [0, 0.1) is 24.0 Å². The van der Waals surface area contributed by atoms with Crippen molar-refractivity contribution in [3.63, 3.8) is 0 Å². The van der Waals surface area contributed by atoms with Gasteiger partial charge >= 0.3 is 6.18 Å². The van der Waals surface area contributed by atoms with Gasteiger partial charge in [-0.15, -0.1) is 11.3 Å². The number of hydrogen-bond acceptors (Lipinski definition) is 9. The number of halogens is 6. The average Bonchev–Trinajstić information content (AvgIpc) is 4.12. The lowest BCUT2D eigenvalue weighted by Crippen LogP contribution is -2.57. The van der Waals surface area contributed by atoms with Crippen LogP contribution in [0.15, 0.2) is 78.3 Å². The molecule has 7 rings (SSSR count). The molecule has 0 spiro atoms. The molecule has 0 aliphatic carbocycles. The molecule has 6 amide bonds. The minimum atomic E-state index is -4.97. The lowest BCUT2D eigenvalue weighted by molar-refractivity contribution is -0.144. The van der Waals surface area contributed by atoms with Crippen LogP contribution in [0.5, 0.6) is 0 Å². The van der Waals surface area contributed by atoms with E-state index in [1.54, 1.807) is 16.8 Å². The van der Waals surface area contributed by atoms with Crippen molar-refractivity contribution < 1.29 is 55.8 Å². The molecule has 14 nitrogen and oxygen atoms in total. The lowest BCUT2D eigenvalue weighted by Gasteiger charge is -2.35. The Morgan fingerprint density at radius 2 is 1.53 bits per heavy atom. The fourth-order valence-corrected chi connectivity index (χ4v) is 10.6. The number of carbonyl (C=O) groups is 6. The first-order valence-corrected chi connectivity index (χ1v) is 26.6. The van der Waals surface area contributed by atoms with Gasteiger partial charge in [-0.3, -0.25) is 28.8 Å². The van der Waals surface area contributed by atoms with Gasteiger partial charge in [0.2, 0.25) is 17.7 Å². The highest BCUT2D eigenvalue weighted by atomic mass is 35.5. The molecule has 2 aliphatic rings. The standard InChI is InChI=1S/C56H61ClF5N7O7S/c1-30(32-14-16-33(17-15-32)48-31(2)64-29-77-48)65-53(75)44-27-39(70)28-69(44)54(76)49(55(3,4)5)67-45(71)13-11-9-7-6-8-10-12-20-63-50(72)35-23-41-46(47(68-52(41)74)40-26-37(58)18-19-42(40)57)43(24-35)66-51(73)34-21-36(56(60,61)62)25-38(59)22-34/h14-19,21-26,29-30,39,44,47,49,70H,6-13,20,27-28H2,1-5H3,(H,63,72)(H,65,75)(H,66,73)(H,67,71)(H,68,74)/t30-,39+,44-,47?,49+/m0/s1. The van der Waals surface area contributed by atoms with E-state index in [9.17, 15) is 55.8 Å². The summed E-state index contributed by atoms with van der Waals surface area (Å²) in [6.45, 7) is 9.48. The number of rotatable bonds is 20. The first-order valence-electron chi connectivity index (χ1n) is 25.4. The summed E-state index contributed by atoms with van der Waals surface area (Å²) in [5.41, 5.74) is 1.65. The van der Waals surface area contributed by atoms with Crippen LogP contribution in [-0.4, -0.2) is 81.7 Å². The number of aliphatic hydroxyl groups excluding tert-OH is 1. The Kier molecular flexibility index (Phi) is 18.6. The minimum Gasteiger partial charge on any atom is -0.391 e. The summed E-state index contributed by atoms with van der Waals surface area (Å²) in [4.78, 5) is 88.1. The van der Waals surface area contributed by atoms with Gasteiger partial charge in [-0.25, -0.2) is 13.8 Å². The van der Waals surface area contributed by atoms with E-state index in [-0.39, 0.29) is 76.9 Å². The third-order valence-corrected chi connectivity index (χ3v) is 15.0. The molecule has 21 heteroatoms. The number of likely N-dealkylation sites (tertiary alicyclic amines) is 1. The largest absolute Gasteiger partial charge is 0.416 e. The topological polar surface area (TPSA) is 199 Å². The summed E-state index contributed by atoms with van der Waals surface area (Å²) < 4.78 is 69.3. The Morgan fingerprint density at radius 3 is 2.19 bits per heavy atom. The van der Waals surface area contributed by atoms with Crippen molar-refractivity contribution in [3.05, 3.63) is 140 Å². The van der Waals surface area contributed by atoms with Crippen LogP contribution < -0.4 is 26.6 Å². The van der Waals surface area contributed by atoms with Gasteiger partial charge in [0, 0.05) is 64.5 Å². The van der Waals surface area contributed by atoms with Crippen LogP contribution in [0.3, 0.4) is 0 Å². The highest BCUT2D eigenvalue weighted by Gasteiger charge is 2.45. The van der Waals surface area contributed by atoms with Crippen molar-refractivity contribution in [2.45, 2.75) is 129 Å². The van der Waals surface area contributed by atoms with E-state index in [0.29, 0.717) is 25.0 Å². The van der Waals surface area contributed by atoms with Crippen LogP contribution in [-0.2, 0) is 20.6 Å². The average molecular weight is 1110 g/mol. The highest BCUT2D eigenvalue weighted by Crippen LogP contribution is 2.41. The number of β-amino-alcohol motifs (C(OH)–C–C–N with tert-alkyl or cyclic N) is 1. The summed E-state index contributed by atoms with van der Waals surface area (Å²) in [5.74, 6) is -5.66. The fourth-order valence-electron chi connectivity index (χ4n) is 9.56. The second kappa shape index (κ2) is 24.7. The van der Waals surface area contributed by atoms with E-state index < -0.39 is 88.1 Å². The van der Waals surface area contributed by atoms with Gasteiger partial charge in [0.25, 0.3) is 17.7 Å². The summed E-state index contributed by atoms with van der Waals surface area (Å²) >= 11 is 7.93. The number of alkyl halides is 3. The number of fused-ring (bicyclic) bond motifs is 1. The van der Waals surface area contributed by atoms with Crippen molar-refractivity contribution in [1.82, 2.24) is 31.2 Å². The number of anilines is 1. The van der Waals surface area contributed by atoms with Gasteiger partial charge in [0.15, 0.2) is 0 Å². The van der Waals surface area contributed by atoms with Crippen LogP contribution in [0.4, 0.5) is 27.6 Å². The summed E-state index contributed by atoms with van der Waals surface area (Å²) in [5, 5.41) is 24.5. The van der Waals surface area contributed by atoms with Crippen LogP contribution >= 0.6 is 22.9 Å². The Labute approximate surface area is 451 Å². The smallest absolute Gasteiger partial charge is 0.391 e. The zero-order chi connectivity index (χ0) is 55.9. The second-order valence-corrected chi connectivity index (χ2v) is 21.9. The maximum absolute atomic E-state index is 14.4. The number of aliphatic hydroxyl groups is 1. The zero-order valence-electron chi connectivity index (χ0n) is 43.1. The molecular formula is C56H61ClF5N7O7S. The maximum Gasteiger partial charge on any atom is 0.416 e. The number of aryl methyl sites for hydroxylation is 1. The Balaban J connectivity index is 0.867. The molecule has 5 atom stereocenters. The Morgan fingerprint density at radius 1 is 0.857 bits per heavy atom. The zero-order valence-corrected chi connectivity index (χ0v) is 44.7. The van der Waals surface area contributed by atoms with E-state index in [2.05, 4.69) is 31.6 Å². The third-order valence-electron chi connectivity index (χ3n) is 13.7. The molecule has 0 saturated carbocycles. The molecule has 5 aromatic rings. The summed E-state index contributed by atoms with van der Waals surface area (Å²) in [7, 11) is 0. The predicted molar refractivity (Wildman–Crippen MR) is 282 cm³/mol. The van der Waals surface area contributed by atoms with Crippen molar-refractivity contribution in [3.8, 4) is 10.4 Å². The maximum atomic E-state index is 14.4. The molecule has 0 radical (unpaired) electrons. The number of aromatic nitrogens is 1. The number of nitrogens with one attached hydrogen (secondary N) is 5. The predicted octanol–water partition coefficient (Wildman–Crippen LogP) is 10.4. The molecule has 4 aromatic carbocycles. The quantitative estimate of drug-likeness (QED) is 0.0327. The van der Waals surface area contributed by atoms with Crippen molar-refractivity contribution in [2.75, 3.05) is 18.4 Å². The molecule has 77 heavy (non-hydrogen) atoms. The summed E-state index contributed by atoms with van der Waals surface area (Å²) in [6, 6.07) is 11.7. The van der Waals surface area contributed by atoms with Gasteiger partial charge in [-0.05, 0) is 91.8 Å². The van der Waals surface area contributed by atoms with Gasteiger partial charge in [0.1, 0.15) is 23.7 Å². The van der Waals surface area contributed by atoms with Crippen molar-refractivity contribution >= 4 is 64.1 Å². The van der Waals surface area contributed by atoms with Crippen LogP contribution in [0.25, 0.3) is 10.4 Å². The minimum absolute atomic E-state index is 0.0427. The van der Waals surface area contributed by atoms with E-state index in [0.717, 1.165) is 65.9 Å². The molecule has 3 heterocycles. The Hall–Kier alpha value is -6.77. The molecule has 1 unspecified atom stereocenters. The molecule has 0 bridgehead atoms. The second-order valence-electron chi connectivity index (χ2n) is 20.6. The van der Waals surface area contributed by atoms with E-state index in [4.69, 9.17) is 11.6 Å². The number of unbranched alkanes of at least 4 members (excludes halogenated alkanes) is 6. The first-order chi connectivity index (χ1) is 36.4. The number of benzene rings is 4. The van der Waals surface area contributed by atoms with Crippen molar-refractivity contribution in [2.24, 2.45) is 5.41 Å².